The molecule has 1 aromatic carbocycles. The van der Waals surface area contributed by atoms with E-state index in [9.17, 15) is 4.79 Å². The highest BCUT2D eigenvalue weighted by Crippen LogP contribution is 2.31. The Hall–Kier alpha value is -2.50. The van der Waals surface area contributed by atoms with Gasteiger partial charge in [-0.3, -0.25) is 4.68 Å². The maximum atomic E-state index is 12.6. The molecule has 2 heterocycles. The van der Waals surface area contributed by atoms with E-state index in [0.29, 0.717) is 13.2 Å². The maximum Gasteiger partial charge on any atom is 0.317 e. The van der Waals surface area contributed by atoms with Gasteiger partial charge in [-0.2, -0.15) is 5.10 Å². The molecule has 2 aromatic rings. The summed E-state index contributed by atoms with van der Waals surface area (Å²) in [5.41, 5.74) is 2.27. The van der Waals surface area contributed by atoms with Gasteiger partial charge in [0.25, 0.3) is 0 Å². The van der Waals surface area contributed by atoms with Crippen LogP contribution in [-0.4, -0.2) is 40.4 Å². The second-order valence-electron chi connectivity index (χ2n) is 6.36. The van der Waals surface area contributed by atoms with Gasteiger partial charge >= 0.3 is 6.03 Å². The van der Waals surface area contributed by atoms with Gasteiger partial charge in [0, 0.05) is 31.9 Å². The Morgan fingerprint density at radius 3 is 3.08 bits per heavy atom. The first-order valence-electron chi connectivity index (χ1n) is 8.92. The van der Waals surface area contributed by atoms with Gasteiger partial charge < -0.3 is 15.0 Å². The monoisotopic (exact) mass is 342 g/mol. The fourth-order valence-electron chi connectivity index (χ4n) is 3.34. The molecule has 1 aliphatic heterocycles. The number of aromatic nitrogens is 2. The van der Waals surface area contributed by atoms with E-state index in [1.54, 1.807) is 4.68 Å². The number of nitrogens with zero attached hydrogens (tertiary/aromatic N) is 3. The van der Waals surface area contributed by atoms with Gasteiger partial charge in [-0.1, -0.05) is 12.1 Å². The molecule has 1 fully saturated rings. The summed E-state index contributed by atoms with van der Waals surface area (Å²) in [6.07, 6.45) is 6.67. The lowest BCUT2D eigenvalue weighted by atomic mass is 10.1. The number of carbonyl (C=O) groups is 1. The number of nitrogens with one attached hydrogen (secondary N) is 1. The summed E-state index contributed by atoms with van der Waals surface area (Å²) >= 11 is 0. The molecule has 6 heteroatoms. The van der Waals surface area contributed by atoms with E-state index in [1.807, 2.05) is 49.5 Å². The van der Waals surface area contributed by atoms with E-state index in [2.05, 4.69) is 16.5 Å². The molecule has 1 aromatic heterocycles. The van der Waals surface area contributed by atoms with Crippen LogP contribution < -0.4 is 10.1 Å². The molecule has 0 bridgehead atoms. The zero-order valence-electron chi connectivity index (χ0n) is 14.9. The highest BCUT2D eigenvalue weighted by atomic mass is 16.5. The Labute approximate surface area is 148 Å². The van der Waals surface area contributed by atoms with Crippen LogP contribution in [0.15, 0.2) is 36.7 Å². The topological polar surface area (TPSA) is 59.4 Å². The Morgan fingerprint density at radius 2 is 2.32 bits per heavy atom. The number of hydrogen-bond acceptors (Lipinski definition) is 3. The van der Waals surface area contributed by atoms with Crippen LogP contribution in [0, 0.1) is 0 Å². The smallest absolute Gasteiger partial charge is 0.317 e. The van der Waals surface area contributed by atoms with Crippen molar-refractivity contribution in [2.75, 3.05) is 19.7 Å². The van der Waals surface area contributed by atoms with Crippen molar-refractivity contribution in [3.63, 3.8) is 0 Å². The fraction of sp³-hybridized carbons (Fsp3) is 0.474. The number of amides is 2. The lowest BCUT2D eigenvalue weighted by molar-refractivity contribution is 0.193. The van der Waals surface area contributed by atoms with Crippen molar-refractivity contribution in [1.29, 1.82) is 0 Å². The van der Waals surface area contributed by atoms with Crippen LogP contribution in [0.3, 0.4) is 0 Å². The average molecular weight is 342 g/mol. The normalized spacial score (nSPS) is 16.9. The van der Waals surface area contributed by atoms with Crippen molar-refractivity contribution in [2.24, 2.45) is 7.05 Å². The maximum absolute atomic E-state index is 12.6. The van der Waals surface area contributed by atoms with E-state index < -0.39 is 0 Å². The van der Waals surface area contributed by atoms with Crippen molar-refractivity contribution in [3.8, 4) is 5.75 Å². The van der Waals surface area contributed by atoms with Crippen LogP contribution in [-0.2, 0) is 13.5 Å². The van der Waals surface area contributed by atoms with Gasteiger partial charge in [0.05, 0.1) is 18.8 Å². The number of rotatable bonds is 6. The lowest BCUT2D eigenvalue weighted by Gasteiger charge is -2.24. The zero-order valence-corrected chi connectivity index (χ0v) is 14.9. The Morgan fingerprint density at radius 1 is 1.44 bits per heavy atom. The molecule has 0 radical (unpaired) electrons. The van der Waals surface area contributed by atoms with Crippen LogP contribution in [0.4, 0.5) is 4.79 Å². The summed E-state index contributed by atoms with van der Waals surface area (Å²) in [5.74, 6) is 0.877. The first-order valence-corrected chi connectivity index (χ1v) is 8.92. The van der Waals surface area contributed by atoms with Crippen LogP contribution in [0.5, 0.6) is 5.75 Å². The second kappa shape index (κ2) is 8.05. The zero-order chi connectivity index (χ0) is 17.6. The molecular weight excluding hydrogens is 316 g/mol. The predicted molar refractivity (Wildman–Crippen MR) is 96.6 cm³/mol. The number of urea groups is 1. The average Bonchev–Trinajstić information content (AvgIpc) is 3.24. The van der Waals surface area contributed by atoms with Crippen LogP contribution >= 0.6 is 0 Å². The fourth-order valence-corrected chi connectivity index (χ4v) is 3.34. The predicted octanol–water partition coefficient (Wildman–Crippen LogP) is 2.91. The molecule has 3 rings (SSSR count). The molecule has 1 N–H and O–H groups in total. The summed E-state index contributed by atoms with van der Waals surface area (Å²) < 4.78 is 7.30. The second-order valence-corrected chi connectivity index (χ2v) is 6.36. The molecule has 1 saturated heterocycles. The molecule has 0 spiro atoms. The third-order valence-electron chi connectivity index (χ3n) is 4.52. The largest absolute Gasteiger partial charge is 0.494 e. The quantitative estimate of drug-likeness (QED) is 0.878. The summed E-state index contributed by atoms with van der Waals surface area (Å²) in [6, 6.07) is 8.17. The third kappa shape index (κ3) is 4.32. The van der Waals surface area contributed by atoms with E-state index in [1.165, 1.54) is 0 Å². The minimum absolute atomic E-state index is 0.00677. The molecule has 0 aliphatic carbocycles. The summed E-state index contributed by atoms with van der Waals surface area (Å²) in [5, 5.41) is 7.28. The minimum atomic E-state index is 0.00677. The number of likely N-dealkylation sites (tertiary alicyclic amines) is 1. The molecular formula is C19H26N4O2. The first-order chi connectivity index (χ1) is 12.2. The minimum Gasteiger partial charge on any atom is -0.494 e. The first kappa shape index (κ1) is 17.3. The van der Waals surface area contributed by atoms with Crippen molar-refractivity contribution >= 4 is 6.03 Å². The molecule has 0 saturated carbocycles. The SMILES string of the molecule is CCOc1cccc(CCNC(=O)N2CCCC2c2cnn(C)c2)c1. The Balaban J connectivity index is 1.53. The number of benzene rings is 1. The van der Waals surface area contributed by atoms with E-state index >= 15 is 0 Å². The van der Waals surface area contributed by atoms with Crippen LogP contribution in [0.25, 0.3) is 0 Å². The van der Waals surface area contributed by atoms with E-state index in [4.69, 9.17) is 4.74 Å². The molecule has 2 amide bonds. The molecule has 1 atom stereocenters. The highest BCUT2D eigenvalue weighted by molar-refractivity contribution is 5.75. The molecule has 6 nitrogen and oxygen atoms in total. The summed E-state index contributed by atoms with van der Waals surface area (Å²) in [4.78, 5) is 14.5. The van der Waals surface area contributed by atoms with Crippen molar-refractivity contribution in [1.82, 2.24) is 20.0 Å². The summed E-state index contributed by atoms with van der Waals surface area (Å²) in [7, 11) is 1.90. The molecule has 1 aliphatic rings. The lowest BCUT2D eigenvalue weighted by Crippen LogP contribution is -2.40. The van der Waals surface area contributed by atoms with Gasteiger partial charge in [-0.15, -0.1) is 0 Å². The van der Waals surface area contributed by atoms with Crippen molar-refractivity contribution in [2.45, 2.75) is 32.2 Å². The third-order valence-corrected chi connectivity index (χ3v) is 4.52. The van der Waals surface area contributed by atoms with Gasteiger partial charge in [0.15, 0.2) is 0 Å². The molecule has 25 heavy (non-hydrogen) atoms. The molecule has 1 unspecified atom stereocenters. The van der Waals surface area contributed by atoms with Crippen molar-refractivity contribution < 1.29 is 9.53 Å². The van der Waals surface area contributed by atoms with Crippen LogP contribution in [0.1, 0.15) is 36.9 Å². The number of carbonyl (C=O) groups excluding carboxylic acids is 1. The van der Waals surface area contributed by atoms with Gasteiger partial charge in [-0.25, -0.2) is 4.79 Å². The van der Waals surface area contributed by atoms with E-state index in [0.717, 1.165) is 42.7 Å². The van der Waals surface area contributed by atoms with E-state index in [-0.39, 0.29) is 12.1 Å². The number of hydrogen-bond donors (Lipinski definition) is 1. The Kier molecular flexibility index (Phi) is 5.58. The van der Waals surface area contributed by atoms with Crippen LogP contribution in [0.2, 0.25) is 0 Å². The molecule has 134 valence electrons. The van der Waals surface area contributed by atoms with Crippen molar-refractivity contribution in [3.05, 3.63) is 47.8 Å². The highest BCUT2D eigenvalue weighted by Gasteiger charge is 2.30. The Bertz CT molecular complexity index is 713. The van der Waals surface area contributed by atoms with Gasteiger partial charge in [-0.05, 0) is 43.9 Å². The van der Waals surface area contributed by atoms with Gasteiger partial charge in [0.1, 0.15) is 5.75 Å². The standard InChI is InChI=1S/C19H26N4O2/c1-3-25-17-7-4-6-15(12-17)9-10-20-19(24)23-11-5-8-18(23)16-13-21-22(2)14-16/h4,6-7,12-14,18H,3,5,8-11H2,1-2H3,(H,20,24). The van der Waals surface area contributed by atoms with Gasteiger partial charge in [0.2, 0.25) is 0 Å². The summed E-state index contributed by atoms with van der Waals surface area (Å²) in [6.45, 7) is 4.04. The number of ether oxygens (including phenoxy) is 1. The number of aryl methyl sites for hydroxylation is 1.